The Morgan fingerprint density at radius 3 is 2.56 bits per heavy atom. The second kappa shape index (κ2) is 8.98. The summed E-state index contributed by atoms with van der Waals surface area (Å²) in [6, 6.07) is 12.0. The maximum atomic E-state index is 13.7. The van der Waals surface area contributed by atoms with E-state index in [0.29, 0.717) is 0 Å². The van der Waals surface area contributed by atoms with Crippen LogP contribution >= 0.6 is 11.8 Å². The van der Waals surface area contributed by atoms with Crippen LogP contribution in [0.2, 0.25) is 0 Å². The Kier molecular flexibility index (Phi) is 6.45. The van der Waals surface area contributed by atoms with Crippen molar-refractivity contribution in [1.29, 1.82) is 0 Å². The molecule has 1 N–H and O–H groups in total. The number of fused-ring (bicyclic) bond motifs is 1. The maximum absolute atomic E-state index is 13.7. The molecule has 172 valence electrons. The minimum absolute atomic E-state index is 0.0658. The number of nitrogens with one attached hydrogen (secondary N) is 1. The first kappa shape index (κ1) is 23.0. The van der Waals surface area contributed by atoms with E-state index in [0.717, 1.165) is 68.2 Å². The van der Waals surface area contributed by atoms with Crippen molar-refractivity contribution in [2.75, 3.05) is 26.5 Å². The van der Waals surface area contributed by atoms with Gasteiger partial charge in [-0.3, -0.25) is 9.69 Å². The van der Waals surface area contributed by atoms with Gasteiger partial charge in [0.2, 0.25) is 0 Å². The molecule has 32 heavy (non-hydrogen) atoms. The summed E-state index contributed by atoms with van der Waals surface area (Å²) in [6.07, 6.45) is 0.889. The van der Waals surface area contributed by atoms with Crippen LogP contribution < -0.4 is 10.1 Å². The van der Waals surface area contributed by atoms with Gasteiger partial charge in [-0.25, -0.2) is 0 Å². The zero-order valence-corrected chi connectivity index (χ0v) is 19.0. The minimum Gasteiger partial charge on any atom is -0.496 e. The molecule has 0 radical (unpaired) electrons. The molecule has 1 unspecified atom stereocenters. The normalized spacial score (nSPS) is 23.6. The lowest BCUT2D eigenvalue weighted by Gasteiger charge is -2.48. The number of halogens is 3. The molecule has 0 saturated carbocycles. The molecule has 2 aliphatic rings. The lowest BCUT2D eigenvalue weighted by molar-refractivity contribution is -0.137. The number of carbonyl (C=O) groups is 1. The Hall–Kier alpha value is -2.19. The van der Waals surface area contributed by atoms with E-state index in [2.05, 4.69) is 10.2 Å². The van der Waals surface area contributed by atoms with Crippen molar-refractivity contribution in [1.82, 2.24) is 10.2 Å². The zero-order chi connectivity index (χ0) is 22.9. The van der Waals surface area contributed by atoms with E-state index >= 15 is 0 Å². The molecular weight excluding hydrogens is 437 g/mol. The SMILES string of the molecule is COc1cc(C(F)(F)F)cc(SC)c1C(=O)N[C@@]1(c2ccccc2)CCCN2CCCC21. The van der Waals surface area contributed by atoms with E-state index < -0.39 is 23.2 Å². The molecule has 2 aromatic rings. The molecule has 2 aliphatic heterocycles. The fraction of sp³-hybridized carbons (Fsp3) is 0.458. The van der Waals surface area contributed by atoms with Crippen LogP contribution in [0.15, 0.2) is 47.4 Å². The predicted octanol–water partition coefficient (Wildman–Crippen LogP) is 5.32. The van der Waals surface area contributed by atoms with Crippen LogP contribution in [-0.4, -0.2) is 43.3 Å². The smallest absolute Gasteiger partial charge is 0.416 e. The van der Waals surface area contributed by atoms with Crippen molar-refractivity contribution in [2.45, 2.75) is 48.3 Å². The molecule has 0 aromatic heterocycles. The Balaban J connectivity index is 1.78. The lowest BCUT2D eigenvalue weighted by Crippen LogP contribution is -2.61. The third-order valence-corrected chi connectivity index (χ3v) is 7.40. The summed E-state index contributed by atoms with van der Waals surface area (Å²) >= 11 is 1.11. The highest BCUT2D eigenvalue weighted by Crippen LogP contribution is 2.43. The van der Waals surface area contributed by atoms with Gasteiger partial charge >= 0.3 is 6.18 Å². The number of piperidine rings is 1. The number of amides is 1. The Bertz CT molecular complexity index is 958. The predicted molar refractivity (Wildman–Crippen MR) is 119 cm³/mol. The number of ether oxygens (including phenoxy) is 1. The second-order valence-electron chi connectivity index (χ2n) is 8.34. The average Bonchev–Trinajstić information content (AvgIpc) is 3.28. The van der Waals surface area contributed by atoms with Gasteiger partial charge in [-0.15, -0.1) is 11.8 Å². The Morgan fingerprint density at radius 2 is 1.91 bits per heavy atom. The summed E-state index contributed by atoms with van der Waals surface area (Å²) in [4.78, 5) is 16.4. The number of hydrogen-bond donors (Lipinski definition) is 1. The van der Waals surface area contributed by atoms with Crippen molar-refractivity contribution in [3.8, 4) is 5.75 Å². The van der Waals surface area contributed by atoms with Crippen LogP contribution in [0.4, 0.5) is 13.2 Å². The van der Waals surface area contributed by atoms with Crippen LogP contribution in [0.3, 0.4) is 0 Å². The average molecular weight is 465 g/mol. The number of benzene rings is 2. The van der Waals surface area contributed by atoms with E-state index in [-0.39, 0.29) is 22.3 Å². The third-order valence-electron chi connectivity index (χ3n) is 6.63. The number of alkyl halides is 3. The van der Waals surface area contributed by atoms with Gasteiger partial charge < -0.3 is 10.1 Å². The Morgan fingerprint density at radius 1 is 1.19 bits per heavy atom. The number of thioether (sulfide) groups is 1. The van der Waals surface area contributed by atoms with Crippen molar-refractivity contribution in [2.24, 2.45) is 0 Å². The van der Waals surface area contributed by atoms with Crippen LogP contribution in [0.5, 0.6) is 5.75 Å². The summed E-state index contributed by atoms with van der Waals surface area (Å²) in [5.74, 6) is -0.471. The first-order chi connectivity index (χ1) is 15.3. The largest absolute Gasteiger partial charge is 0.496 e. The lowest BCUT2D eigenvalue weighted by atomic mass is 9.75. The molecule has 2 atom stereocenters. The molecule has 2 aromatic carbocycles. The molecule has 0 aliphatic carbocycles. The standard InChI is InChI=1S/C24H27F3N2O2S/c1-31-18-14-17(24(25,26)27)15-19(32-2)21(18)22(30)28-23(16-8-4-3-5-9-16)11-7-13-29-12-6-10-20(23)29/h3-5,8-9,14-15,20H,6-7,10-13H2,1-2H3,(H,28,30)/t20?,23-/m1/s1. The number of carbonyl (C=O) groups excluding carboxylic acids is 1. The fourth-order valence-electron chi connectivity index (χ4n) is 5.23. The summed E-state index contributed by atoms with van der Waals surface area (Å²) in [5.41, 5.74) is -0.246. The van der Waals surface area contributed by atoms with E-state index in [9.17, 15) is 18.0 Å². The topological polar surface area (TPSA) is 41.6 Å². The number of rotatable bonds is 5. The van der Waals surface area contributed by atoms with Crippen LogP contribution in [0.1, 0.15) is 47.2 Å². The van der Waals surface area contributed by atoms with Crippen LogP contribution in [0.25, 0.3) is 0 Å². The minimum atomic E-state index is -4.52. The quantitative estimate of drug-likeness (QED) is 0.609. The number of hydrogen-bond acceptors (Lipinski definition) is 4. The second-order valence-corrected chi connectivity index (χ2v) is 9.19. The van der Waals surface area contributed by atoms with Gasteiger partial charge in [0.05, 0.1) is 23.8 Å². The van der Waals surface area contributed by atoms with Crippen LogP contribution in [-0.2, 0) is 11.7 Å². The molecule has 1 amide bonds. The summed E-state index contributed by atoms with van der Waals surface area (Å²) < 4.78 is 45.4. The highest BCUT2D eigenvalue weighted by molar-refractivity contribution is 7.98. The molecule has 4 rings (SSSR count). The highest BCUT2D eigenvalue weighted by Gasteiger charge is 2.49. The van der Waals surface area contributed by atoms with Crippen molar-refractivity contribution in [3.05, 3.63) is 59.2 Å². The number of nitrogens with zero attached hydrogens (tertiary/aromatic N) is 1. The van der Waals surface area contributed by atoms with Gasteiger partial charge in [-0.1, -0.05) is 30.3 Å². The molecule has 2 saturated heterocycles. The van der Waals surface area contributed by atoms with Crippen molar-refractivity contribution >= 4 is 17.7 Å². The third kappa shape index (κ3) is 4.10. The van der Waals surface area contributed by atoms with Gasteiger partial charge in [0.15, 0.2) is 0 Å². The summed E-state index contributed by atoms with van der Waals surface area (Å²) in [5, 5.41) is 3.29. The molecular formula is C24H27F3N2O2S. The Labute approximate surface area is 190 Å². The van der Waals surface area contributed by atoms with Gasteiger partial charge in [0, 0.05) is 10.9 Å². The molecule has 2 heterocycles. The van der Waals surface area contributed by atoms with Gasteiger partial charge in [-0.05, 0) is 62.7 Å². The fourth-order valence-corrected chi connectivity index (χ4v) is 5.88. The molecule has 4 nitrogen and oxygen atoms in total. The highest BCUT2D eigenvalue weighted by atomic mass is 32.2. The van der Waals surface area contributed by atoms with E-state index in [1.807, 2.05) is 30.3 Å². The molecule has 0 spiro atoms. The van der Waals surface area contributed by atoms with Gasteiger partial charge in [0.1, 0.15) is 5.75 Å². The summed E-state index contributed by atoms with van der Waals surface area (Å²) in [6.45, 7) is 1.99. The molecule has 8 heteroatoms. The first-order valence-electron chi connectivity index (χ1n) is 10.8. The summed E-state index contributed by atoms with van der Waals surface area (Å²) in [7, 11) is 1.29. The van der Waals surface area contributed by atoms with Crippen molar-refractivity contribution < 1.29 is 22.7 Å². The molecule has 0 bridgehead atoms. The monoisotopic (exact) mass is 464 g/mol. The zero-order valence-electron chi connectivity index (χ0n) is 18.2. The number of methoxy groups -OCH3 is 1. The van der Waals surface area contributed by atoms with Gasteiger partial charge in [-0.2, -0.15) is 13.2 Å². The maximum Gasteiger partial charge on any atom is 0.416 e. The van der Waals surface area contributed by atoms with Gasteiger partial charge in [0.25, 0.3) is 5.91 Å². The van der Waals surface area contributed by atoms with Crippen LogP contribution in [0, 0.1) is 0 Å². The van der Waals surface area contributed by atoms with E-state index in [1.54, 1.807) is 6.26 Å². The first-order valence-corrected chi connectivity index (χ1v) is 12.0. The van der Waals surface area contributed by atoms with Crippen molar-refractivity contribution in [3.63, 3.8) is 0 Å². The molecule has 2 fully saturated rings. The van der Waals surface area contributed by atoms with E-state index in [1.165, 1.54) is 7.11 Å². The van der Waals surface area contributed by atoms with E-state index in [4.69, 9.17) is 4.74 Å².